The van der Waals surface area contributed by atoms with Gasteiger partial charge in [0.05, 0.1) is 16.9 Å². The molecule has 0 bridgehead atoms. The van der Waals surface area contributed by atoms with Gasteiger partial charge in [-0.15, -0.1) is 0 Å². The molecule has 2 nitrogen and oxygen atoms in total. The van der Waals surface area contributed by atoms with Gasteiger partial charge in [0.2, 0.25) is 0 Å². The Morgan fingerprint density at radius 3 is 2.59 bits per heavy atom. The van der Waals surface area contributed by atoms with Crippen molar-refractivity contribution in [3.8, 4) is 0 Å². The average Bonchev–Trinajstić information content (AvgIpc) is 2.36. The Kier molecular flexibility index (Phi) is 4.39. The minimum Gasteiger partial charge on any atom is -0.279 e. The number of hydrogen-bond donors (Lipinski definition) is 1. The molecule has 0 saturated carbocycles. The molecule has 0 unspecified atom stereocenters. The lowest BCUT2D eigenvalue weighted by Crippen LogP contribution is -1.92. The van der Waals surface area contributed by atoms with Gasteiger partial charge in [0.25, 0.3) is 0 Å². The van der Waals surface area contributed by atoms with Crippen LogP contribution in [0, 0.1) is 3.57 Å². The third-order valence-corrected chi connectivity index (χ3v) is 3.99. The SMILES string of the molecule is Clc1cccc(C=NNc2ccccc2)c1I. The van der Waals surface area contributed by atoms with Crippen LogP contribution in [-0.4, -0.2) is 6.21 Å². The predicted octanol–water partition coefficient (Wildman–Crippen LogP) is 4.39. The molecule has 0 saturated heterocycles. The van der Waals surface area contributed by atoms with E-state index < -0.39 is 0 Å². The second kappa shape index (κ2) is 6.02. The van der Waals surface area contributed by atoms with Crippen molar-refractivity contribution in [1.82, 2.24) is 0 Å². The Hall–Kier alpha value is -1.07. The lowest BCUT2D eigenvalue weighted by Gasteiger charge is -2.01. The lowest BCUT2D eigenvalue weighted by atomic mass is 10.2. The number of hydrogen-bond acceptors (Lipinski definition) is 2. The van der Waals surface area contributed by atoms with Crippen LogP contribution in [-0.2, 0) is 0 Å². The van der Waals surface area contributed by atoms with E-state index in [0.717, 1.165) is 19.8 Å². The molecule has 86 valence electrons. The maximum atomic E-state index is 6.02. The molecule has 0 aliphatic rings. The third kappa shape index (κ3) is 3.44. The molecule has 0 radical (unpaired) electrons. The van der Waals surface area contributed by atoms with Gasteiger partial charge in [-0.2, -0.15) is 5.10 Å². The highest BCUT2D eigenvalue weighted by Gasteiger charge is 2.00. The van der Waals surface area contributed by atoms with E-state index >= 15 is 0 Å². The highest BCUT2D eigenvalue weighted by Crippen LogP contribution is 2.20. The highest BCUT2D eigenvalue weighted by molar-refractivity contribution is 14.1. The molecule has 1 N–H and O–H groups in total. The number of nitrogens with one attached hydrogen (secondary N) is 1. The van der Waals surface area contributed by atoms with E-state index in [0.29, 0.717) is 0 Å². The van der Waals surface area contributed by atoms with E-state index in [2.05, 4.69) is 33.1 Å². The lowest BCUT2D eigenvalue weighted by molar-refractivity contribution is 1.35. The Balaban J connectivity index is 2.09. The van der Waals surface area contributed by atoms with Crippen LogP contribution in [0.4, 0.5) is 5.69 Å². The highest BCUT2D eigenvalue weighted by atomic mass is 127. The molecule has 0 amide bonds. The largest absolute Gasteiger partial charge is 0.279 e. The van der Waals surface area contributed by atoms with Crippen molar-refractivity contribution in [3.63, 3.8) is 0 Å². The Bertz CT molecular complexity index is 526. The zero-order valence-corrected chi connectivity index (χ0v) is 11.8. The molecule has 2 rings (SSSR count). The number of para-hydroxylation sites is 1. The van der Waals surface area contributed by atoms with Gasteiger partial charge < -0.3 is 0 Å². The first-order valence-electron chi connectivity index (χ1n) is 5.05. The van der Waals surface area contributed by atoms with Crippen molar-refractivity contribution in [2.75, 3.05) is 5.43 Å². The van der Waals surface area contributed by atoms with Crippen LogP contribution in [0.25, 0.3) is 0 Å². The fraction of sp³-hybridized carbons (Fsp3) is 0. The normalized spacial score (nSPS) is 10.7. The summed E-state index contributed by atoms with van der Waals surface area (Å²) in [5, 5.41) is 4.92. The minimum absolute atomic E-state index is 0.745. The van der Waals surface area contributed by atoms with Crippen molar-refractivity contribution >= 4 is 46.1 Å². The zero-order chi connectivity index (χ0) is 12.1. The fourth-order valence-corrected chi connectivity index (χ4v) is 1.99. The van der Waals surface area contributed by atoms with E-state index in [-0.39, 0.29) is 0 Å². The summed E-state index contributed by atoms with van der Waals surface area (Å²) in [7, 11) is 0. The van der Waals surface area contributed by atoms with E-state index in [9.17, 15) is 0 Å². The van der Waals surface area contributed by atoms with Gasteiger partial charge in [-0.05, 0) is 40.8 Å². The first-order chi connectivity index (χ1) is 8.27. The summed E-state index contributed by atoms with van der Waals surface area (Å²) in [5.74, 6) is 0. The smallest absolute Gasteiger partial charge is 0.0561 e. The van der Waals surface area contributed by atoms with Gasteiger partial charge in [0, 0.05) is 9.13 Å². The molecule has 2 aromatic carbocycles. The molecule has 0 aliphatic carbocycles. The number of hydrazone groups is 1. The van der Waals surface area contributed by atoms with Crippen molar-refractivity contribution in [1.29, 1.82) is 0 Å². The van der Waals surface area contributed by atoms with Gasteiger partial charge in [-0.3, -0.25) is 5.43 Å². The van der Waals surface area contributed by atoms with E-state index in [4.69, 9.17) is 11.6 Å². The molecule has 0 aliphatic heterocycles. The molecule has 0 heterocycles. The van der Waals surface area contributed by atoms with Crippen LogP contribution in [0.15, 0.2) is 53.6 Å². The fourth-order valence-electron chi connectivity index (χ4n) is 1.31. The summed E-state index contributed by atoms with van der Waals surface area (Å²) in [6, 6.07) is 15.6. The average molecular weight is 357 g/mol. The molecule has 0 aromatic heterocycles. The van der Waals surface area contributed by atoms with Crippen LogP contribution >= 0.6 is 34.2 Å². The number of rotatable bonds is 3. The maximum Gasteiger partial charge on any atom is 0.0561 e. The van der Waals surface area contributed by atoms with Gasteiger partial charge >= 0.3 is 0 Å². The van der Waals surface area contributed by atoms with Crippen LogP contribution in [0.5, 0.6) is 0 Å². The molecule has 4 heteroatoms. The third-order valence-electron chi connectivity index (χ3n) is 2.15. The van der Waals surface area contributed by atoms with E-state index in [1.807, 2.05) is 48.5 Å². The first kappa shape index (κ1) is 12.4. The number of nitrogens with zero attached hydrogens (tertiary/aromatic N) is 1. The monoisotopic (exact) mass is 356 g/mol. The Labute approximate surface area is 119 Å². The molecule has 0 spiro atoms. The minimum atomic E-state index is 0.745. The van der Waals surface area contributed by atoms with Crippen molar-refractivity contribution in [3.05, 3.63) is 62.7 Å². The molecule has 0 atom stereocenters. The first-order valence-corrected chi connectivity index (χ1v) is 6.51. The standard InChI is InChI=1S/C13H10ClIN2/c14-12-8-4-5-10(13(12)15)9-16-17-11-6-2-1-3-7-11/h1-9,17H. The molecule has 0 fully saturated rings. The predicted molar refractivity (Wildman–Crippen MR) is 81.8 cm³/mol. The Morgan fingerprint density at radius 2 is 1.82 bits per heavy atom. The van der Waals surface area contributed by atoms with Gasteiger partial charge in [0.15, 0.2) is 0 Å². The molecular formula is C13H10ClIN2. The summed E-state index contributed by atoms with van der Waals surface area (Å²) in [6.45, 7) is 0. The molecular weight excluding hydrogens is 347 g/mol. The van der Waals surface area contributed by atoms with Gasteiger partial charge in [-0.25, -0.2) is 0 Å². The van der Waals surface area contributed by atoms with Crippen LogP contribution < -0.4 is 5.43 Å². The van der Waals surface area contributed by atoms with Crippen molar-refractivity contribution in [2.45, 2.75) is 0 Å². The van der Waals surface area contributed by atoms with Crippen LogP contribution in [0.2, 0.25) is 5.02 Å². The molecule has 2 aromatic rings. The van der Waals surface area contributed by atoms with Crippen LogP contribution in [0.3, 0.4) is 0 Å². The number of anilines is 1. The summed E-state index contributed by atoms with van der Waals surface area (Å²) in [5.41, 5.74) is 4.92. The number of halogens is 2. The second-order valence-corrected chi connectivity index (χ2v) is 4.87. The second-order valence-electron chi connectivity index (χ2n) is 3.38. The van der Waals surface area contributed by atoms with Crippen molar-refractivity contribution < 1.29 is 0 Å². The van der Waals surface area contributed by atoms with Crippen molar-refractivity contribution in [2.24, 2.45) is 5.10 Å². The topological polar surface area (TPSA) is 24.4 Å². The summed E-state index contributed by atoms with van der Waals surface area (Å²) < 4.78 is 1.00. The number of benzene rings is 2. The summed E-state index contributed by atoms with van der Waals surface area (Å²) >= 11 is 8.23. The zero-order valence-electron chi connectivity index (χ0n) is 8.90. The summed E-state index contributed by atoms with van der Waals surface area (Å²) in [6.07, 6.45) is 1.76. The van der Waals surface area contributed by atoms with E-state index in [1.54, 1.807) is 6.21 Å². The summed E-state index contributed by atoms with van der Waals surface area (Å²) in [4.78, 5) is 0. The van der Waals surface area contributed by atoms with Gasteiger partial charge in [0.1, 0.15) is 0 Å². The van der Waals surface area contributed by atoms with Crippen LogP contribution in [0.1, 0.15) is 5.56 Å². The maximum absolute atomic E-state index is 6.02. The molecule has 17 heavy (non-hydrogen) atoms. The van der Waals surface area contributed by atoms with Gasteiger partial charge in [-0.1, -0.05) is 41.9 Å². The quantitative estimate of drug-likeness (QED) is 0.492. The van der Waals surface area contributed by atoms with E-state index in [1.165, 1.54) is 0 Å². The Morgan fingerprint density at radius 1 is 1.06 bits per heavy atom.